The van der Waals surface area contributed by atoms with Gasteiger partial charge in [-0.2, -0.15) is 0 Å². The van der Waals surface area contributed by atoms with E-state index in [1.807, 2.05) is 13.8 Å². The number of aliphatic hydroxyl groups excluding tert-OH is 1. The molecule has 0 radical (unpaired) electrons. The van der Waals surface area contributed by atoms with E-state index in [-0.39, 0.29) is 29.1 Å². The Kier molecular flexibility index (Phi) is 8.64. The van der Waals surface area contributed by atoms with Crippen LogP contribution in [0.5, 0.6) is 0 Å². The molecule has 2 rings (SSSR count). The molecule has 0 saturated heterocycles. The van der Waals surface area contributed by atoms with Crippen LogP contribution in [0, 0.1) is 17.7 Å². The van der Waals surface area contributed by atoms with Gasteiger partial charge in [-0.3, -0.25) is 0 Å². The zero-order valence-electron chi connectivity index (χ0n) is 18.1. The lowest BCUT2D eigenvalue weighted by Crippen LogP contribution is -2.45. The quantitative estimate of drug-likeness (QED) is 0.530. The SMILES string of the molecule is CC(C)CS(=O)(=O)N[C@H]1CC[C@@H](CC(C)(C)NC[C@H](O)c2cccc(F)c2)CC1. The standard InChI is InChI=1S/C22H37FN2O3S/c1-16(2)15-29(27,28)25-20-10-8-17(9-11-20)13-22(3,4)24-14-21(26)18-6-5-7-19(23)12-18/h5-7,12,16-17,20-21,24-26H,8-11,13-15H2,1-4H3/t17-,20+,21-/m0/s1. The third kappa shape index (κ3) is 8.70. The largest absolute Gasteiger partial charge is 0.387 e. The van der Waals surface area contributed by atoms with E-state index in [1.165, 1.54) is 12.1 Å². The van der Waals surface area contributed by atoms with Crippen molar-refractivity contribution in [2.45, 2.75) is 77.5 Å². The molecule has 166 valence electrons. The molecule has 1 fully saturated rings. The van der Waals surface area contributed by atoms with Crippen molar-refractivity contribution in [1.29, 1.82) is 0 Å². The van der Waals surface area contributed by atoms with Crippen LogP contribution in [-0.2, 0) is 10.0 Å². The minimum Gasteiger partial charge on any atom is -0.387 e. The first-order chi connectivity index (χ1) is 13.5. The van der Waals surface area contributed by atoms with Crippen LogP contribution in [0.3, 0.4) is 0 Å². The van der Waals surface area contributed by atoms with E-state index < -0.39 is 16.1 Å². The van der Waals surface area contributed by atoms with Crippen LogP contribution in [0.2, 0.25) is 0 Å². The zero-order chi connectivity index (χ0) is 21.7. The van der Waals surface area contributed by atoms with Gasteiger partial charge in [0.25, 0.3) is 0 Å². The maximum absolute atomic E-state index is 13.3. The number of hydrogen-bond donors (Lipinski definition) is 3. The van der Waals surface area contributed by atoms with E-state index in [2.05, 4.69) is 23.9 Å². The van der Waals surface area contributed by atoms with Crippen molar-refractivity contribution in [3.05, 3.63) is 35.6 Å². The van der Waals surface area contributed by atoms with Gasteiger partial charge in [0, 0.05) is 18.1 Å². The Morgan fingerprint density at radius 1 is 1.21 bits per heavy atom. The normalized spacial score (nSPS) is 22.0. The highest BCUT2D eigenvalue weighted by Gasteiger charge is 2.29. The van der Waals surface area contributed by atoms with E-state index in [0.29, 0.717) is 18.0 Å². The highest BCUT2D eigenvalue weighted by molar-refractivity contribution is 7.89. The van der Waals surface area contributed by atoms with E-state index in [0.717, 1.165) is 32.1 Å². The average Bonchev–Trinajstić information content (AvgIpc) is 2.60. The summed E-state index contributed by atoms with van der Waals surface area (Å²) in [5, 5.41) is 13.7. The van der Waals surface area contributed by atoms with E-state index in [1.54, 1.807) is 12.1 Å². The van der Waals surface area contributed by atoms with Gasteiger partial charge in [0.1, 0.15) is 5.82 Å². The van der Waals surface area contributed by atoms with Crippen LogP contribution in [0.4, 0.5) is 4.39 Å². The maximum Gasteiger partial charge on any atom is 0.212 e. The molecule has 0 bridgehead atoms. The van der Waals surface area contributed by atoms with Gasteiger partial charge in [-0.05, 0) is 75.5 Å². The number of sulfonamides is 1. The van der Waals surface area contributed by atoms with Crippen LogP contribution < -0.4 is 10.0 Å². The van der Waals surface area contributed by atoms with Crippen LogP contribution in [0.25, 0.3) is 0 Å². The van der Waals surface area contributed by atoms with Gasteiger partial charge in [-0.1, -0.05) is 26.0 Å². The molecule has 5 nitrogen and oxygen atoms in total. The molecule has 3 N–H and O–H groups in total. The second kappa shape index (κ2) is 10.3. The minimum atomic E-state index is -3.20. The van der Waals surface area contributed by atoms with Gasteiger partial charge in [0.15, 0.2) is 0 Å². The Bertz CT molecular complexity index is 744. The van der Waals surface area contributed by atoms with E-state index >= 15 is 0 Å². The predicted octanol–water partition coefficient (Wildman–Crippen LogP) is 3.75. The molecule has 1 aromatic carbocycles. The van der Waals surface area contributed by atoms with Gasteiger partial charge < -0.3 is 10.4 Å². The van der Waals surface area contributed by atoms with Gasteiger partial charge in [-0.25, -0.2) is 17.5 Å². The summed E-state index contributed by atoms with van der Waals surface area (Å²) < 4.78 is 40.5. The molecule has 1 aromatic rings. The van der Waals surface area contributed by atoms with Crippen LogP contribution in [-0.4, -0.2) is 37.4 Å². The predicted molar refractivity (Wildman–Crippen MR) is 116 cm³/mol. The summed E-state index contributed by atoms with van der Waals surface area (Å²) in [6.45, 7) is 8.42. The average molecular weight is 429 g/mol. The molecule has 1 atom stereocenters. The third-order valence-electron chi connectivity index (χ3n) is 5.55. The molecule has 0 amide bonds. The van der Waals surface area contributed by atoms with E-state index in [9.17, 15) is 17.9 Å². The highest BCUT2D eigenvalue weighted by atomic mass is 32.2. The van der Waals surface area contributed by atoms with Gasteiger partial charge in [-0.15, -0.1) is 0 Å². The van der Waals surface area contributed by atoms with Crippen LogP contribution >= 0.6 is 0 Å². The number of rotatable bonds is 10. The monoisotopic (exact) mass is 428 g/mol. The smallest absolute Gasteiger partial charge is 0.212 e. The number of aliphatic hydroxyl groups is 1. The molecule has 0 aromatic heterocycles. The number of hydrogen-bond acceptors (Lipinski definition) is 4. The fourth-order valence-electron chi connectivity index (χ4n) is 4.22. The van der Waals surface area contributed by atoms with Crippen LogP contribution in [0.15, 0.2) is 24.3 Å². The topological polar surface area (TPSA) is 78.4 Å². The minimum absolute atomic E-state index is 0.0425. The maximum atomic E-state index is 13.3. The van der Waals surface area contributed by atoms with Gasteiger partial charge in [0.2, 0.25) is 10.0 Å². The fraction of sp³-hybridized carbons (Fsp3) is 0.727. The Morgan fingerprint density at radius 2 is 1.86 bits per heavy atom. The summed E-state index contributed by atoms with van der Waals surface area (Å²) in [7, 11) is -3.20. The summed E-state index contributed by atoms with van der Waals surface area (Å²) in [4.78, 5) is 0. The fourth-order valence-corrected chi connectivity index (χ4v) is 5.94. The Hall–Kier alpha value is -1.02. The first-order valence-corrected chi connectivity index (χ1v) is 12.3. The summed E-state index contributed by atoms with van der Waals surface area (Å²) in [6.07, 6.45) is 3.91. The number of β-amino-alcohol motifs (C(OH)–C–C–N with tert-alkyl or cyclic N) is 1. The Morgan fingerprint density at radius 3 is 2.45 bits per heavy atom. The van der Waals surface area contributed by atoms with Crippen molar-refractivity contribution < 1.29 is 17.9 Å². The van der Waals surface area contributed by atoms with Crippen LogP contribution in [0.1, 0.15) is 71.5 Å². The molecular formula is C22H37FN2O3S. The molecule has 7 heteroatoms. The lowest BCUT2D eigenvalue weighted by atomic mass is 9.79. The molecule has 1 aliphatic carbocycles. The van der Waals surface area contributed by atoms with Crippen molar-refractivity contribution in [3.63, 3.8) is 0 Å². The summed E-state index contributed by atoms with van der Waals surface area (Å²) in [6, 6.07) is 6.10. The van der Waals surface area contributed by atoms with Crippen molar-refractivity contribution in [1.82, 2.24) is 10.0 Å². The second-order valence-electron chi connectivity index (χ2n) is 9.55. The lowest BCUT2D eigenvalue weighted by Gasteiger charge is -2.35. The number of halogens is 1. The van der Waals surface area contributed by atoms with Crippen molar-refractivity contribution in [2.75, 3.05) is 12.3 Å². The summed E-state index contributed by atoms with van der Waals surface area (Å²) in [5.74, 6) is 0.479. The lowest BCUT2D eigenvalue weighted by molar-refractivity contribution is 0.149. The Balaban J connectivity index is 1.77. The molecule has 1 saturated carbocycles. The van der Waals surface area contributed by atoms with E-state index in [4.69, 9.17) is 0 Å². The molecule has 0 heterocycles. The number of nitrogens with one attached hydrogen (secondary N) is 2. The molecular weight excluding hydrogens is 391 g/mol. The zero-order valence-corrected chi connectivity index (χ0v) is 18.9. The summed E-state index contributed by atoms with van der Waals surface area (Å²) >= 11 is 0. The first-order valence-electron chi connectivity index (χ1n) is 10.6. The van der Waals surface area contributed by atoms with Crippen molar-refractivity contribution in [3.8, 4) is 0 Å². The van der Waals surface area contributed by atoms with Crippen molar-refractivity contribution in [2.24, 2.45) is 11.8 Å². The van der Waals surface area contributed by atoms with Gasteiger partial charge >= 0.3 is 0 Å². The highest BCUT2D eigenvalue weighted by Crippen LogP contribution is 2.31. The molecule has 0 aliphatic heterocycles. The molecule has 0 unspecified atom stereocenters. The molecule has 29 heavy (non-hydrogen) atoms. The summed E-state index contributed by atoms with van der Waals surface area (Å²) in [5.41, 5.74) is 0.408. The Labute approximate surface area is 175 Å². The van der Waals surface area contributed by atoms with Gasteiger partial charge in [0.05, 0.1) is 11.9 Å². The molecule has 1 aliphatic rings. The number of benzene rings is 1. The van der Waals surface area contributed by atoms with Crippen molar-refractivity contribution >= 4 is 10.0 Å². The molecule has 0 spiro atoms. The third-order valence-corrected chi connectivity index (χ3v) is 7.35. The second-order valence-corrected chi connectivity index (χ2v) is 11.3. The first kappa shape index (κ1) is 24.3.